The van der Waals surface area contributed by atoms with Crippen LogP contribution in [0.2, 0.25) is 0 Å². The largest absolute Gasteiger partial charge is 0.383 e. The summed E-state index contributed by atoms with van der Waals surface area (Å²) in [5, 5.41) is 9.04. The normalized spacial score (nSPS) is 12.5. The average molecular weight is 482 g/mol. The monoisotopic (exact) mass is 481 g/mol. The molecule has 0 saturated carbocycles. The Kier molecular flexibility index (Phi) is 6.97. The summed E-state index contributed by atoms with van der Waals surface area (Å²) in [6, 6.07) is 5.66. The number of nitrogens with zero attached hydrogens (tertiary/aromatic N) is 4. The number of fused-ring (bicyclic) bond motifs is 2. The highest BCUT2D eigenvalue weighted by Gasteiger charge is 2.31. The van der Waals surface area contributed by atoms with E-state index in [4.69, 9.17) is 5.10 Å². The number of carbonyl (C=O) groups is 1. The van der Waals surface area contributed by atoms with Crippen LogP contribution in [0.4, 0.5) is 5.69 Å². The number of anilines is 1. The molecule has 0 fully saturated rings. The summed E-state index contributed by atoms with van der Waals surface area (Å²) >= 11 is 0. The molecule has 0 amide bonds. The highest BCUT2D eigenvalue weighted by Crippen LogP contribution is 2.41. The van der Waals surface area contributed by atoms with Crippen LogP contribution in [0.1, 0.15) is 28.8 Å². The average Bonchev–Trinajstić information content (AvgIpc) is 3.16. The molecule has 0 unspecified atom stereocenters. The molecule has 1 aromatic carbocycles. The first-order valence-electron chi connectivity index (χ1n) is 11.0. The lowest BCUT2D eigenvalue weighted by atomic mass is 9.87. The zero-order valence-electron chi connectivity index (χ0n) is 19.5. The van der Waals surface area contributed by atoms with Crippen LogP contribution in [-0.4, -0.2) is 73.9 Å². The second kappa shape index (κ2) is 9.93. The summed E-state index contributed by atoms with van der Waals surface area (Å²) in [5.74, 6) is 5.85. The number of rotatable bonds is 9. The molecule has 0 radical (unpaired) electrons. The standard InChI is InChI=1S/C24H27N5O4S/c1-28(2)13-14-29-20-9-8-19(26-11-6-4-5-7-15-33-34(3,31)32)21-22(20)23(27-29)18-16-25-12-10-17(18)24(21)30/h8-10,12,16,26H,6-7,11,13-15H2,1-3H3. The van der Waals surface area contributed by atoms with Gasteiger partial charge in [-0.15, -0.1) is 11.8 Å². The van der Waals surface area contributed by atoms with Gasteiger partial charge in [-0.2, -0.15) is 13.5 Å². The van der Waals surface area contributed by atoms with Gasteiger partial charge in [0.25, 0.3) is 10.1 Å². The topological polar surface area (TPSA) is 106 Å². The predicted octanol–water partition coefficient (Wildman–Crippen LogP) is 2.38. The van der Waals surface area contributed by atoms with Crippen LogP contribution >= 0.6 is 0 Å². The van der Waals surface area contributed by atoms with Crippen LogP contribution < -0.4 is 5.32 Å². The van der Waals surface area contributed by atoms with Crippen molar-refractivity contribution in [3.8, 4) is 23.1 Å². The van der Waals surface area contributed by atoms with Crippen molar-refractivity contribution in [3.05, 3.63) is 41.7 Å². The number of carbonyl (C=O) groups excluding carboxylic acids is 1. The molecule has 0 saturated heterocycles. The first-order valence-corrected chi connectivity index (χ1v) is 12.8. The van der Waals surface area contributed by atoms with Gasteiger partial charge in [-0.1, -0.05) is 0 Å². The Balaban J connectivity index is 1.57. The van der Waals surface area contributed by atoms with Gasteiger partial charge in [0, 0.05) is 60.5 Å². The second-order valence-corrected chi connectivity index (χ2v) is 9.96. The van der Waals surface area contributed by atoms with Crippen molar-refractivity contribution >= 4 is 32.5 Å². The lowest BCUT2D eigenvalue weighted by Crippen LogP contribution is -2.19. The van der Waals surface area contributed by atoms with Gasteiger partial charge >= 0.3 is 0 Å². The Hall–Kier alpha value is -3.26. The highest BCUT2D eigenvalue weighted by molar-refractivity contribution is 7.85. The first-order chi connectivity index (χ1) is 16.3. The third kappa shape index (κ3) is 5.12. The molecule has 9 nitrogen and oxygen atoms in total. The maximum absolute atomic E-state index is 13.5. The fraction of sp³-hybridized carbons (Fsp3) is 0.375. The van der Waals surface area contributed by atoms with Crippen LogP contribution in [0.25, 0.3) is 22.2 Å². The molecule has 0 bridgehead atoms. The number of ketones is 1. The Morgan fingerprint density at radius 2 is 1.94 bits per heavy atom. The summed E-state index contributed by atoms with van der Waals surface area (Å²) in [5.41, 5.74) is 4.42. The quantitative estimate of drug-likeness (QED) is 0.221. The molecular formula is C24H27N5O4S. The Morgan fingerprint density at radius 3 is 2.71 bits per heavy atom. The number of nitrogens with one attached hydrogen (secondary N) is 1. The Bertz CT molecular complexity index is 1400. The van der Waals surface area contributed by atoms with Gasteiger partial charge in [-0.25, -0.2) is 0 Å². The van der Waals surface area contributed by atoms with Gasteiger partial charge < -0.3 is 10.2 Å². The van der Waals surface area contributed by atoms with Crippen molar-refractivity contribution in [1.29, 1.82) is 0 Å². The van der Waals surface area contributed by atoms with Crippen LogP contribution in [0.5, 0.6) is 0 Å². The predicted molar refractivity (Wildman–Crippen MR) is 131 cm³/mol. The van der Waals surface area contributed by atoms with Crippen molar-refractivity contribution in [3.63, 3.8) is 0 Å². The van der Waals surface area contributed by atoms with E-state index in [1.165, 1.54) is 0 Å². The number of benzene rings is 1. The molecule has 3 aromatic rings. The van der Waals surface area contributed by atoms with E-state index in [0.717, 1.165) is 40.6 Å². The molecule has 34 heavy (non-hydrogen) atoms. The van der Waals surface area contributed by atoms with Crippen LogP contribution in [0.3, 0.4) is 0 Å². The summed E-state index contributed by atoms with van der Waals surface area (Å²) in [7, 11) is 0.593. The summed E-state index contributed by atoms with van der Waals surface area (Å²) in [4.78, 5) is 19.8. The third-order valence-corrected chi connectivity index (χ3v) is 6.04. The van der Waals surface area contributed by atoms with Gasteiger partial charge in [0.1, 0.15) is 5.69 Å². The molecule has 10 heteroatoms. The minimum absolute atomic E-state index is 0.0451. The van der Waals surface area contributed by atoms with E-state index >= 15 is 0 Å². The fourth-order valence-corrected chi connectivity index (χ4v) is 4.29. The van der Waals surface area contributed by atoms with Crippen molar-refractivity contribution in [2.45, 2.75) is 19.4 Å². The molecule has 2 aromatic heterocycles. The van der Waals surface area contributed by atoms with Gasteiger partial charge in [0.2, 0.25) is 0 Å². The highest BCUT2D eigenvalue weighted by atomic mass is 32.2. The van der Waals surface area contributed by atoms with Gasteiger partial charge in [-0.05, 0) is 32.3 Å². The van der Waals surface area contributed by atoms with Crippen molar-refractivity contribution < 1.29 is 17.4 Å². The van der Waals surface area contributed by atoms with Crippen LogP contribution in [-0.2, 0) is 20.8 Å². The van der Waals surface area contributed by atoms with E-state index in [2.05, 4.69) is 31.2 Å². The molecule has 1 aliphatic rings. The SMILES string of the molecule is CN(C)CCn1nc2c3c(c(NCCC#CCCOS(C)(=O)=O)ccc31)C(=O)c1ccncc1-2. The van der Waals surface area contributed by atoms with Gasteiger partial charge in [0.05, 0.1) is 30.5 Å². The fourth-order valence-electron chi connectivity index (χ4n) is 3.90. The second-order valence-electron chi connectivity index (χ2n) is 8.31. The molecule has 178 valence electrons. The molecular weight excluding hydrogens is 454 g/mol. The van der Waals surface area contributed by atoms with E-state index in [1.807, 2.05) is 30.9 Å². The lowest BCUT2D eigenvalue weighted by Gasteiger charge is -2.18. The first kappa shape index (κ1) is 23.9. The Labute approximate surface area is 199 Å². The van der Waals surface area contributed by atoms with Gasteiger partial charge in [0.15, 0.2) is 5.78 Å². The molecule has 2 heterocycles. The van der Waals surface area contributed by atoms with Crippen LogP contribution in [0.15, 0.2) is 30.6 Å². The number of hydrogen-bond acceptors (Lipinski definition) is 8. The van der Waals surface area contributed by atoms with Crippen molar-refractivity contribution in [2.75, 3.05) is 45.4 Å². The number of aromatic nitrogens is 3. The number of likely N-dealkylation sites (N-methyl/N-ethyl adjacent to an activating group) is 1. The lowest BCUT2D eigenvalue weighted by molar-refractivity contribution is 0.104. The van der Waals surface area contributed by atoms with Gasteiger partial charge in [-0.3, -0.25) is 18.6 Å². The van der Waals surface area contributed by atoms with E-state index < -0.39 is 10.1 Å². The zero-order valence-corrected chi connectivity index (χ0v) is 20.3. The maximum Gasteiger partial charge on any atom is 0.264 e. The summed E-state index contributed by atoms with van der Waals surface area (Å²) in [6.07, 6.45) is 5.22. The molecule has 0 aliphatic heterocycles. The maximum atomic E-state index is 13.5. The Morgan fingerprint density at radius 1 is 1.15 bits per heavy atom. The van der Waals surface area contributed by atoms with Crippen molar-refractivity contribution in [2.24, 2.45) is 0 Å². The molecule has 1 aliphatic carbocycles. The van der Waals surface area contributed by atoms with E-state index in [0.29, 0.717) is 37.1 Å². The smallest absolute Gasteiger partial charge is 0.264 e. The minimum atomic E-state index is -3.44. The van der Waals surface area contributed by atoms with Crippen LogP contribution in [0, 0.1) is 11.8 Å². The molecule has 4 rings (SSSR count). The summed E-state index contributed by atoms with van der Waals surface area (Å²) in [6.45, 7) is 2.12. The number of hydrogen-bond donors (Lipinski definition) is 1. The molecule has 0 atom stereocenters. The van der Waals surface area contributed by atoms with E-state index in [-0.39, 0.29) is 12.4 Å². The molecule has 0 spiro atoms. The zero-order chi connectivity index (χ0) is 24.3. The third-order valence-electron chi connectivity index (χ3n) is 5.44. The van der Waals surface area contributed by atoms with E-state index in [1.54, 1.807) is 18.5 Å². The molecule has 1 N–H and O–H groups in total. The minimum Gasteiger partial charge on any atom is -0.383 e. The number of pyridine rings is 1. The van der Waals surface area contributed by atoms with Crippen molar-refractivity contribution in [1.82, 2.24) is 19.7 Å². The summed E-state index contributed by atoms with van der Waals surface area (Å²) < 4.78 is 28.5. The van der Waals surface area contributed by atoms with E-state index in [9.17, 15) is 13.2 Å².